The van der Waals surface area contributed by atoms with Crippen LogP contribution in [0, 0.1) is 5.41 Å². The van der Waals surface area contributed by atoms with Crippen LogP contribution in [-0.2, 0) is 19.4 Å². The number of hydrogen-bond acceptors (Lipinski definition) is 3. The number of nitrogens with two attached hydrogens (primary N) is 1. The molecule has 1 fully saturated rings. The van der Waals surface area contributed by atoms with E-state index in [1.165, 1.54) is 56.6 Å². The van der Waals surface area contributed by atoms with Gasteiger partial charge in [0.15, 0.2) is 0 Å². The summed E-state index contributed by atoms with van der Waals surface area (Å²) < 4.78 is 2.36. The Labute approximate surface area is 109 Å². The van der Waals surface area contributed by atoms with Gasteiger partial charge in [-0.15, -0.1) is 10.2 Å². The summed E-state index contributed by atoms with van der Waals surface area (Å²) in [6.45, 7) is 1.91. The van der Waals surface area contributed by atoms with Crippen LogP contribution >= 0.6 is 0 Å². The van der Waals surface area contributed by atoms with E-state index in [-0.39, 0.29) is 0 Å². The van der Waals surface area contributed by atoms with Crippen LogP contribution in [0.5, 0.6) is 0 Å². The summed E-state index contributed by atoms with van der Waals surface area (Å²) in [6.07, 6.45) is 11.3. The molecule has 3 rings (SSSR count). The zero-order chi connectivity index (χ0) is 12.4. The van der Waals surface area contributed by atoms with Gasteiger partial charge in [0.25, 0.3) is 0 Å². The molecule has 2 aliphatic rings. The topological polar surface area (TPSA) is 56.7 Å². The third kappa shape index (κ3) is 2.18. The van der Waals surface area contributed by atoms with E-state index in [9.17, 15) is 0 Å². The molecule has 0 radical (unpaired) electrons. The van der Waals surface area contributed by atoms with Crippen molar-refractivity contribution in [3.05, 3.63) is 11.6 Å². The molecule has 2 N–H and O–H groups in total. The van der Waals surface area contributed by atoms with Crippen LogP contribution in [0.25, 0.3) is 0 Å². The van der Waals surface area contributed by atoms with Gasteiger partial charge in [0, 0.05) is 19.4 Å². The number of aromatic nitrogens is 3. The lowest BCUT2D eigenvalue weighted by molar-refractivity contribution is 0.191. The molecule has 0 aromatic carbocycles. The highest BCUT2D eigenvalue weighted by molar-refractivity contribution is 5.03. The van der Waals surface area contributed by atoms with Gasteiger partial charge in [0.05, 0.1) is 0 Å². The van der Waals surface area contributed by atoms with Gasteiger partial charge in [-0.05, 0) is 37.6 Å². The number of rotatable bonds is 3. The molecule has 0 atom stereocenters. The van der Waals surface area contributed by atoms with E-state index >= 15 is 0 Å². The first kappa shape index (κ1) is 12.2. The summed E-state index contributed by atoms with van der Waals surface area (Å²) in [6, 6.07) is 0. The average Bonchev–Trinajstić information content (AvgIpc) is 2.83. The van der Waals surface area contributed by atoms with E-state index in [0.717, 1.165) is 25.9 Å². The Kier molecular flexibility index (Phi) is 3.37. The summed E-state index contributed by atoms with van der Waals surface area (Å²) in [4.78, 5) is 0. The fraction of sp³-hybridized carbons (Fsp3) is 0.857. The predicted molar refractivity (Wildman–Crippen MR) is 71.2 cm³/mol. The van der Waals surface area contributed by atoms with Gasteiger partial charge >= 0.3 is 0 Å². The summed E-state index contributed by atoms with van der Waals surface area (Å²) >= 11 is 0. The highest BCUT2D eigenvalue weighted by atomic mass is 15.3. The molecule has 0 saturated heterocycles. The van der Waals surface area contributed by atoms with Crippen LogP contribution in [0.1, 0.15) is 56.6 Å². The lowest BCUT2D eigenvalue weighted by Crippen LogP contribution is -2.36. The summed E-state index contributed by atoms with van der Waals surface area (Å²) in [5, 5.41) is 8.80. The van der Waals surface area contributed by atoms with Gasteiger partial charge in [0.2, 0.25) is 0 Å². The Morgan fingerprint density at radius 2 is 1.89 bits per heavy atom. The van der Waals surface area contributed by atoms with Gasteiger partial charge in [0.1, 0.15) is 11.6 Å². The van der Waals surface area contributed by atoms with Gasteiger partial charge in [-0.3, -0.25) is 0 Å². The maximum Gasteiger partial charge on any atom is 0.133 e. The van der Waals surface area contributed by atoms with Crippen molar-refractivity contribution >= 4 is 0 Å². The van der Waals surface area contributed by atoms with Crippen LogP contribution in [0.2, 0.25) is 0 Å². The van der Waals surface area contributed by atoms with Crippen molar-refractivity contribution in [2.45, 2.75) is 64.3 Å². The zero-order valence-corrected chi connectivity index (χ0v) is 11.2. The molecule has 0 spiro atoms. The number of nitrogens with zero attached hydrogens (tertiary/aromatic N) is 3. The van der Waals surface area contributed by atoms with Gasteiger partial charge in [-0.2, -0.15) is 0 Å². The van der Waals surface area contributed by atoms with E-state index in [0.29, 0.717) is 5.41 Å². The third-order valence-corrected chi connectivity index (χ3v) is 4.82. The molecule has 4 nitrogen and oxygen atoms in total. The van der Waals surface area contributed by atoms with Crippen LogP contribution in [0.15, 0.2) is 0 Å². The SMILES string of the molecule is NCC1(Cc2nnc3n2CCCC3)CCCCC1. The Morgan fingerprint density at radius 3 is 2.67 bits per heavy atom. The minimum Gasteiger partial charge on any atom is -0.330 e. The van der Waals surface area contributed by atoms with Crippen LogP contribution in [0.3, 0.4) is 0 Å². The van der Waals surface area contributed by atoms with Crippen LogP contribution in [-0.4, -0.2) is 21.3 Å². The maximum atomic E-state index is 6.07. The van der Waals surface area contributed by atoms with Crippen molar-refractivity contribution in [1.82, 2.24) is 14.8 Å². The fourth-order valence-corrected chi connectivity index (χ4v) is 3.59. The van der Waals surface area contributed by atoms with E-state index in [2.05, 4.69) is 14.8 Å². The maximum absolute atomic E-state index is 6.07. The van der Waals surface area contributed by atoms with Gasteiger partial charge in [-0.1, -0.05) is 19.3 Å². The summed E-state index contributed by atoms with van der Waals surface area (Å²) in [5.41, 5.74) is 6.38. The molecule has 0 unspecified atom stereocenters. The predicted octanol–water partition coefficient (Wildman–Crippen LogP) is 2.07. The van der Waals surface area contributed by atoms with Crippen molar-refractivity contribution in [2.24, 2.45) is 11.1 Å². The Balaban J connectivity index is 1.80. The van der Waals surface area contributed by atoms with E-state index in [1.807, 2.05) is 0 Å². The Morgan fingerprint density at radius 1 is 1.06 bits per heavy atom. The highest BCUT2D eigenvalue weighted by Crippen LogP contribution is 2.38. The van der Waals surface area contributed by atoms with Crippen LogP contribution < -0.4 is 5.73 Å². The molecule has 1 aliphatic carbocycles. The number of fused-ring (bicyclic) bond motifs is 1. The molecule has 2 heterocycles. The highest BCUT2D eigenvalue weighted by Gasteiger charge is 2.33. The first-order chi connectivity index (χ1) is 8.83. The first-order valence-electron chi connectivity index (χ1n) is 7.44. The molecule has 1 aliphatic heterocycles. The summed E-state index contributed by atoms with van der Waals surface area (Å²) in [5.74, 6) is 2.39. The smallest absolute Gasteiger partial charge is 0.133 e. The van der Waals surface area contributed by atoms with Gasteiger partial charge < -0.3 is 10.3 Å². The molecule has 0 amide bonds. The molecular formula is C14H24N4. The summed E-state index contributed by atoms with van der Waals surface area (Å²) in [7, 11) is 0. The second-order valence-corrected chi connectivity index (χ2v) is 6.08. The van der Waals surface area contributed by atoms with Gasteiger partial charge in [-0.25, -0.2) is 0 Å². The van der Waals surface area contributed by atoms with Crippen molar-refractivity contribution < 1.29 is 0 Å². The average molecular weight is 248 g/mol. The largest absolute Gasteiger partial charge is 0.330 e. The fourth-order valence-electron chi connectivity index (χ4n) is 3.59. The Bertz CT molecular complexity index is 404. The van der Waals surface area contributed by atoms with Crippen molar-refractivity contribution in [2.75, 3.05) is 6.54 Å². The number of aryl methyl sites for hydroxylation is 1. The lowest BCUT2D eigenvalue weighted by atomic mass is 9.71. The quantitative estimate of drug-likeness (QED) is 0.891. The molecule has 0 bridgehead atoms. The van der Waals surface area contributed by atoms with Crippen molar-refractivity contribution in [3.63, 3.8) is 0 Å². The lowest BCUT2D eigenvalue weighted by Gasteiger charge is -2.36. The molecule has 1 aromatic rings. The molecule has 1 aromatic heterocycles. The molecular weight excluding hydrogens is 224 g/mol. The van der Waals surface area contributed by atoms with Crippen molar-refractivity contribution in [1.29, 1.82) is 0 Å². The molecule has 1 saturated carbocycles. The third-order valence-electron chi connectivity index (χ3n) is 4.82. The minimum absolute atomic E-state index is 0.305. The minimum atomic E-state index is 0.305. The molecule has 18 heavy (non-hydrogen) atoms. The number of hydrogen-bond donors (Lipinski definition) is 1. The van der Waals surface area contributed by atoms with E-state index in [1.54, 1.807) is 0 Å². The zero-order valence-electron chi connectivity index (χ0n) is 11.2. The second kappa shape index (κ2) is 5.00. The second-order valence-electron chi connectivity index (χ2n) is 6.08. The normalized spacial score (nSPS) is 22.7. The van der Waals surface area contributed by atoms with Crippen LogP contribution in [0.4, 0.5) is 0 Å². The van der Waals surface area contributed by atoms with Crippen molar-refractivity contribution in [3.8, 4) is 0 Å². The molecule has 100 valence electrons. The monoisotopic (exact) mass is 248 g/mol. The first-order valence-corrected chi connectivity index (χ1v) is 7.44. The molecule has 4 heteroatoms. The van der Waals surface area contributed by atoms with E-state index in [4.69, 9.17) is 5.73 Å². The Hall–Kier alpha value is -0.900. The van der Waals surface area contributed by atoms with E-state index < -0.39 is 0 Å². The standard InChI is InChI=1S/C14H24N4/c15-11-14(7-3-1-4-8-14)10-13-17-16-12-6-2-5-9-18(12)13/h1-11,15H2.